The number of rotatable bonds is 2. The van der Waals surface area contributed by atoms with Gasteiger partial charge in [-0.25, -0.2) is 0 Å². The highest BCUT2D eigenvalue weighted by atomic mass is 16.5. The van der Waals surface area contributed by atoms with Crippen LogP contribution in [0.15, 0.2) is 28.8 Å². The second-order valence-electron chi connectivity index (χ2n) is 5.37. The third kappa shape index (κ3) is 2.29. The first-order valence-corrected chi connectivity index (χ1v) is 7.03. The summed E-state index contributed by atoms with van der Waals surface area (Å²) in [6.45, 7) is 5.78. The zero-order valence-electron chi connectivity index (χ0n) is 11.8. The van der Waals surface area contributed by atoms with Crippen LogP contribution >= 0.6 is 0 Å². The summed E-state index contributed by atoms with van der Waals surface area (Å²) < 4.78 is 5.25. The van der Waals surface area contributed by atoms with Gasteiger partial charge in [-0.15, -0.1) is 0 Å². The summed E-state index contributed by atoms with van der Waals surface area (Å²) in [6.07, 6.45) is 0.300. The Hall–Kier alpha value is -1.88. The van der Waals surface area contributed by atoms with E-state index in [9.17, 15) is 4.79 Å². The maximum absolute atomic E-state index is 12.5. The molecule has 0 spiro atoms. The molecule has 1 aliphatic heterocycles. The van der Waals surface area contributed by atoms with E-state index in [2.05, 4.69) is 24.3 Å². The van der Waals surface area contributed by atoms with Gasteiger partial charge >= 0.3 is 0 Å². The number of nitrogens with zero attached hydrogens (tertiary/aromatic N) is 2. The number of para-hydroxylation sites is 1. The van der Waals surface area contributed by atoms with E-state index in [0.29, 0.717) is 12.5 Å². The largest absolute Gasteiger partial charge is 0.356 e. The molecule has 5 nitrogen and oxygen atoms in total. The molecule has 1 fully saturated rings. The minimum Gasteiger partial charge on any atom is -0.356 e. The number of hydrogen-bond acceptors (Lipinski definition) is 4. The molecular weight excluding hydrogens is 254 g/mol. The maximum Gasteiger partial charge on any atom is 0.229 e. The lowest BCUT2D eigenvalue weighted by atomic mass is 10.1. The number of nitrogens with one attached hydrogen (secondary N) is 1. The van der Waals surface area contributed by atoms with Gasteiger partial charge in [-0.2, -0.15) is 0 Å². The van der Waals surface area contributed by atoms with Crippen LogP contribution in [0.1, 0.15) is 19.5 Å². The second kappa shape index (κ2) is 5.25. The van der Waals surface area contributed by atoms with Crippen molar-refractivity contribution in [3.63, 3.8) is 0 Å². The van der Waals surface area contributed by atoms with E-state index in [-0.39, 0.29) is 11.9 Å². The maximum atomic E-state index is 12.5. The molecule has 1 aromatic carbocycles. The molecule has 0 bridgehead atoms. The van der Waals surface area contributed by atoms with E-state index in [1.807, 2.05) is 29.2 Å². The van der Waals surface area contributed by atoms with Gasteiger partial charge in [0.2, 0.25) is 5.91 Å². The highest BCUT2D eigenvalue weighted by molar-refractivity contribution is 5.86. The minimum absolute atomic E-state index is 0.116. The van der Waals surface area contributed by atoms with Crippen LogP contribution in [-0.2, 0) is 11.2 Å². The Bertz CT molecular complexity index is 622. The number of piperazine rings is 1. The van der Waals surface area contributed by atoms with Crippen LogP contribution in [0.4, 0.5) is 0 Å². The third-order valence-electron chi connectivity index (χ3n) is 4.13. The van der Waals surface area contributed by atoms with E-state index in [1.54, 1.807) is 0 Å². The quantitative estimate of drug-likeness (QED) is 0.902. The SMILES string of the molecule is CC1NCCN(C(=O)Cc2noc3ccccc23)C1C. The van der Waals surface area contributed by atoms with Gasteiger partial charge in [-0.05, 0) is 26.0 Å². The van der Waals surface area contributed by atoms with Crippen LogP contribution in [-0.4, -0.2) is 41.1 Å². The molecule has 2 unspecified atom stereocenters. The number of fused-ring (bicyclic) bond motifs is 1. The fourth-order valence-corrected chi connectivity index (χ4v) is 2.72. The third-order valence-corrected chi connectivity index (χ3v) is 4.13. The van der Waals surface area contributed by atoms with Crippen molar-refractivity contribution in [1.82, 2.24) is 15.4 Å². The van der Waals surface area contributed by atoms with Gasteiger partial charge in [-0.3, -0.25) is 4.79 Å². The van der Waals surface area contributed by atoms with Crippen LogP contribution in [0, 0.1) is 0 Å². The van der Waals surface area contributed by atoms with E-state index in [4.69, 9.17) is 4.52 Å². The summed E-state index contributed by atoms with van der Waals surface area (Å²) in [6, 6.07) is 8.17. The minimum atomic E-state index is 0.116. The molecular formula is C15H19N3O2. The highest BCUT2D eigenvalue weighted by Gasteiger charge is 2.28. The number of benzene rings is 1. The summed E-state index contributed by atoms with van der Waals surface area (Å²) in [5, 5.41) is 8.34. The van der Waals surface area contributed by atoms with Crippen molar-refractivity contribution in [3.8, 4) is 0 Å². The van der Waals surface area contributed by atoms with Crippen LogP contribution in [0.5, 0.6) is 0 Å². The van der Waals surface area contributed by atoms with Crippen molar-refractivity contribution in [2.75, 3.05) is 13.1 Å². The summed E-state index contributed by atoms with van der Waals surface area (Å²) >= 11 is 0. The van der Waals surface area contributed by atoms with Gasteiger partial charge in [0, 0.05) is 30.6 Å². The van der Waals surface area contributed by atoms with E-state index < -0.39 is 0 Å². The smallest absolute Gasteiger partial charge is 0.229 e. The van der Waals surface area contributed by atoms with Crippen molar-refractivity contribution in [2.24, 2.45) is 0 Å². The summed E-state index contributed by atoms with van der Waals surface area (Å²) in [4.78, 5) is 14.4. The molecule has 106 valence electrons. The van der Waals surface area contributed by atoms with Crippen molar-refractivity contribution >= 4 is 16.9 Å². The molecule has 3 rings (SSSR count). The lowest BCUT2D eigenvalue weighted by Crippen LogP contribution is -2.57. The van der Waals surface area contributed by atoms with Crippen molar-refractivity contribution in [1.29, 1.82) is 0 Å². The van der Waals surface area contributed by atoms with E-state index >= 15 is 0 Å². The van der Waals surface area contributed by atoms with Gasteiger partial charge < -0.3 is 14.7 Å². The fraction of sp³-hybridized carbons (Fsp3) is 0.467. The molecule has 1 aliphatic rings. The van der Waals surface area contributed by atoms with Crippen molar-refractivity contribution < 1.29 is 9.32 Å². The molecule has 5 heteroatoms. The molecule has 1 N–H and O–H groups in total. The van der Waals surface area contributed by atoms with Gasteiger partial charge in [0.1, 0.15) is 5.69 Å². The number of aromatic nitrogens is 1. The van der Waals surface area contributed by atoms with Crippen LogP contribution < -0.4 is 5.32 Å². The molecule has 0 radical (unpaired) electrons. The fourth-order valence-electron chi connectivity index (χ4n) is 2.72. The average molecular weight is 273 g/mol. The Balaban J connectivity index is 1.78. The second-order valence-corrected chi connectivity index (χ2v) is 5.37. The molecule has 1 aromatic heterocycles. The first kappa shape index (κ1) is 13.1. The molecule has 2 aromatic rings. The molecule has 20 heavy (non-hydrogen) atoms. The molecule has 1 amide bonds. The van der Waals surface area contributed by atoms with E-state index in [0.717, 1.165) is 29.8 Å². The number of amides is 1. The van der Waals surface area contributed by atoms with E-state index in [1.165, 1.54) is 0 Å². The first-order chi connectivity index (χ1) is 9.66. The lowest BCUT2D eigenvalue weighted by molar-refractivity contribution is -0.134. The summed E-state index contributed by atoms with van der Waals surface area (Å²) in [5.41, 5.74) is 1.46. The van der Waals surface area contributed by atoms with Gasteiger partial charge in [0.05, 0.1) is 6.42 Å². The lowest BCUT2D eigenvalue weighted by Gasteiger charge is -2.38. The van der Waals surface area contributed by atoms with Gasteiger partial charge in [0.15, 0.2) is 5.58 Å². The predicted molar refractivity (Wildman–Crippen MR) is 76.4 cm³/mol. The average Bonchev–Trinajstić information content (AvgIpc) is 2.85. The highest BCUT2D eigenvalue weighted by Crippen LogP contribution is 2.19. The molecule has 2 atom stereocenters. The Kier molecular flexibility index (Phi) is 3.44. The topological polar surface area (TPSA) is 58.4 Å². The normalized spacial score (nSPS) is 23.2. The Morgan fingerprint density at radius 3 is 3.10 bits per heavy atom. The Morgan fingerprint density at radius 1 is 1.45 bits per heavy atom. The summed E-state index contributed by atoms with van der Waals surface area (Å²) in [7, 11) is 0. The van der Waals surface area contributed by atoms with Gasteiger partial charge in [0.25, 0.3) is 0 Å². The zero-order valence-corrected chi connectivity index (χ0v) is 11.8. The zero-order chi connectivity index (χ0) is 14.1. The van der Waals surface area contributed by atoms with Crippen LogP contribution in [0.25, 0.3) is 11.0 Å². The standard InChI is InChI=1S/C15H19N3O2/c1-10-11(2)18(8-7-16-10)15(19)9-13-12-5-3-4-6-14(12)20-17-13/h3-6,10-11,16H,7-9H2,1-2H3. The first-order valence-electron chi connectivity index (χ1n) is 7.03. The van der Waals surface area contributed by atoms with Crippen LogP contribution in [0.3, 0.4) is 0 Å². The number of carbonyl (C=O) groups is 1. The van der Waals surface area contributed by atoms with Gasteiger partial charge in [-0.1, -0.05) is 17.3 Å². The number of carbonyl (C=O) groups excluding carboxylic acids is 1. The Morgan fingerprint density at radius 2 is 2.25 bits per heavy atom. The van der Waals surface area contributed by atoms with Crippen molar-refractivity contribution in [2.45, 2.75) is 32.4 Å². The van der Waals surface area contributed by atoms with Crippen molar-refractivity contribution in [3.05, 3.63) is 30.0 Å². The number of hydrogen-bond donors (Lipinski definition) is 1. The molecule has 2 heterocycles. The Labute approximate surface area is 117 Å². The van der Waals surface area contributed by atoms with Crippen LogP contribution in [0.2, 0.25) is 0 Å². The monoisotopic (exact) mass is 273 g/mol. The molecule has 1 saturated heterocycles. The predicted octanol–water partition coefficient (Wildman–Crippen LogP) is 1.58. The summed E-state index contributed by atoms with van der Waals surface area (Å²) in [5.74, 6) is 0.116. The molecule has 0 saturated carbocycles. The molecule has 0 aliphatic carbocycles.